The summed E-state index contributed by atoms with van der Waals surface area (Å²) in [4.78, 5) is 25.3. The fraction of sp³-hybridized carbons (Fsp3) is 0.174. The molecule has 6 nitrogen and oxygen atoms in total. The fourth-order valence-electron chi connectivity index (χ4n) is 3.59. The van der Waals surface area contributed by atoms with E-state index in [0.717, 1.165) is 12.0 Å². The first-order chi connectivity index (χ1) is 15.3. The molecule has 2 aromatic carbocycles. The Morgan fingerprint density at radius 1 is 1.00 bits per heavy atom. The molecule has 0 unspecified atom stereocenters. The van der Waals surface area contributed by atoms with Crippen LogP contribution >= 0.6 is 34.8 Å². The molecule has 0 aliphatic heterocycles. The molecule has 1 aromatic heterocycles. The van der Waals surface area contributed by atoms with Gasteiger partial charge < -0.3 is 9.73 Å². The van der Waals surface area contributed by atoms with Gasteiger partial charge in [0.25, 0.3) is 11.8 Å². The summed E-state index contributed by atoms with van der Waals surface area (Å²) >= 11 is 18.2. The van der Waals surface area contributed by atoms with E-state index in [2.05, 4.69) is 15.8 Å². The molecule has 164 valence electrons. The minimum Gasteiger partial charge on any atom is -0.455 e. The number of anilines is 1. The standard InChI is InChI=1S/C23H18Cl3N3O3/c1-12-20-18(28-29-22(30)14-5-2-3-6-15(14)25)7-4-8-19(20)32-21(12)23(31)27-17-10-9-13(24)11-16(17)26/h2-3,5-6,9-11H,4,7-8H2,1H3,(H,27,31)(H,29,30)/b28-18+. The molecule has 1 aliphatic carbocycles. The van der Waals surface area contributed by atoms with Gasteiger partial charge in [-0.15, -0.1) is 0 Å². The van der Waals surface area contributed by atoms with Gasteiger partial charge in [-0.05, 0) is 50.1 Å². The van der Waals surface area contributed by atoms with E-state index in [1.807, 2.05) is 0 Å². The molecule has 1 aliphatic rings. The largest absolute Gasteiger partial charge is 0.455 e. The Balaban J connectivity index is 1.58. The Hall–Kier alpha value is -2.80. The van der Waals surface area contributed by atoms with Gasteiger partial charge in [-0.3, -0.25) is 9.59 Å². The highest BCUT2D eigenvalue weighted by atomic mass is 35.5. The zero-order valence-electron chi connectivity index (χ0n) is 17.0. The Morgan fingerprint density at radius 2 is 1.78 bits per heavy atom. The van der Waals surface area contributed by atoms with Crippen molar-refractivity contribution in [1.29, 1.82) is 0 Å². The number of halogens is 3. The van der Waals surface area contributed by atoms with Crippen molar-refractivity contribution in [2.75, 3.05) is 5.32 Å². The molecule has 0 bridgehead atoms. The lowest BCUT2D eigenvalue weighted by atomic mass is 9.93. The summed E-state index contributed by atoms with van der Waals surface area (Å²) in [6, 6.07) is 11.5. The molecule has 9 heteroatoms. The van der Waals surface area contributed by atoms with Gasteiger partial charge in [0, 0.05) is 22.6 Å². The molecule has 32 heavy (non-hydrogen) atoms. The van der Waals surface area contributed by atoms with E-state index in [9.17, 15) is 9.59 Å². The van der Waals surface area contributed by atoms with Crippen LogP contribution in [0, 0.1) is 6.92 Å². The molecule has 2 amide bonds. The number of carbonyl (C=O) groups is 2. The molecule has 0 saturated heterocycles. The topological polar surface area (TPSA) is 83.7 Å². The number of hydrogen-bond donors (Lipinski definition) is 2. The Kier molecular flexibility index (Phi) is 6.55. The molecule has 2 N–H and O–H groups in total. The van der Waals surface area contributed by atoms with E-state index in [4.69, 9.17) is 39.2 Å². The summed E-state index contributed by atoms with van der Waals surface area (Å²) in [6.07, 6.45) is 2.09. The number of hydrazone groups is 1. The van der Waals surface area contributed by atoms with Crippen LogP contribution in [-0.4, -0.2) is 17.5 Å². The minimum atomic E-state index is -0.430. The molecule has 0 radical (unpaired) electrons. The fourth-order valence-corrected chi connectivity index (χ4v) is 4.27. The molecule has 0 spiro atoms. The maximum absolute atomic E-state index is 12.9. The number of nitrogens with one attached hydrogen (secondary N) is 2. The van der Waals surface area contributed by atoms with Crippen LogP contribution in [0.15, 0.2) is 52.0 Å². The summed E-state index contributed by atoms with van der Waals surface area (Å²) in [5, 5.41) is 8.20. The van der Waals surface area contributed by atoms with Gasteiger partial charge in [0.15, 0.2) is 5.76 Å². The van der Waals surface area contributed by atoms with Crippen molar-refractivity contribution in [3.8, 4) is 0 Å². The number of fused-ring (bicyclic) bond motifs is 1. The predicted molar refractivity (Wildman–Crippen MR) is 126 cm³/mol. The number of benzene rings is 2. The third-order valence-electron chi connectivity index (χ3n) is 5.12. The number of nitrogens with zero attached hydrogens (tertiary/aromatic N) is 1. The number of furan rings is 1. The number of carbonyl (C=O) groups excluding carboxylic acids is 2. The van der Waals surface area contributed by atoms with Crippen LogP contribution in [0.25, 0.3) is 0 Å². The molecule has 0 fully saturated rings. The smallest absolute Gasteiger partial charge is 0.291 e. The quantitative estimate of drug-likeness (QED) is 0.423. The second-order valence-corrected chi connectivity index (χ2v) is 8.52. The number of rotatable bonds is 4. The number of amides is 2. The van der Waals surface area contributed by atoms with Gasteiger partial charge in [-0.1, -0.05) is 46.9 Å². The molecule has 3 aromatic rings. The lowest BCUT2D eigenvalue weighted by molar-refractivity contribution is 0.0953. The van der Waals surface area contributed by atoms with Gasteiger partial charge in [-0.2, -0.15) is 5.10 Å². The third-order valence-corrected chi connectivity index (χ3v) is 6.00. The van der Waals surface area contributed by atoms with E-state index < -0.39 is 11.8 Å². The second kappa shape index (κ2) is 9.36. The second-order valence-electron chi connectivity index (χ2n) is 7.27. The zero-order valence-corrected chi connectivity index (χ0v) is 19.2. The average molecular weight is 491 g/mol. The van der Waals surface area contributed by atoms with Crippen molar-refractivity contribution in [3.05, 3.63) is 85.7 Å². The highest BCUT2D eigenvalue weighted by Crippen LogP contribution is 2.31. The Morgan fingerprint density at radius 3 is 2.53 bits per heavy atom. The van der Waals surface area contributed by atoms with Crippen LogP contribution < -0.4 is 10.7 Å². The van der Waals surface area contributed by atoms with Gasteiger partial charge in [0.1, 0.15) is 5.76 Å². The van der Waals surface area contributed by atoms with E-state index in [-0.39, 0.29) is 5.76 Å². The van der Waals surface area contributed by atoms with E-state index in [1.54, 1.807) is 49.4 Å². The van der Waals surface area contributed by atoms with Gasteiger partial charge in [0.2, 0.25) is 0 Å². The molecule has 0 atom stereocenters. The Bertz CT molecular complexity index is 1250. The minimum absolute atomic E-state index is 0.174. The molecule has 0 saturated carbocycles. The monoisotopic (exact) mass is 489 g/mol. The normalized spacial score (nSPS) is 14.2. The average Bonchev–Trinajstić information content (AvgIpc) is 3.11. The van der Waals surface area contributed by atoms with Crippen LogP contribution in [0.1, 0.15) is 50.6 Å². The van der Waals surface area contributed by atoms with Crippen molar-refractivity contribution in [1.82, 2.24) is 5.43 Å². The maximum Gasteiger partial charge on any atom is 0.291 e. The summed E-state index contributed by atoms with van der Waals surface area (Å²) in [5.41, 5.74) is 5.35. The summed E-state index contributed by atoms with van der Waals surface area (Å²) in [5.74, 6) is -0.00724. The first kappa shape index (κ1) is 22.4. The van der Waals surface area contributed by atoms with Crippen LogP contribution in [-0.2, 0) is 6.42 Å². The highest BCUT2D eigenvalue weighted by molar-refractivity contribution is 6.37. The van der Waals surface area contributed by atoms with Crippen molar-refractivity contribution >= 4 is 58.0 Å². The zero-order chi connectivity index (χ0) is 22.8. The van der Waals surface area contributed by atoms with Crippen LogP contribution in [0.2, 0.25) is 15.1 Å². The molecular weight excluding hydrogens is 473 g/mol. The van der Waals surface area contributed by atoms with Gasteiger partial charge >= 0.3 is 0 Å². The Labute approximate surface area is 199 Å². The lowest BCUT2D eigenvalue weighted by Crippen LogP contribution is -2.22. The van der Waals surface area contributed by atoms with E-state index >= 15 is 0 Å². The SMILES string of the molecule is Cc1c(C(=O)Nc2ccc(Cl)cc2Cl)oc2c1/C(=N/NC(=O)c1ccccc1Cl)CCC2. The summed E-state index contributed by atoms with van der Waals surface area (Å²) in [7, 11) is 0. The van der Waals surface area contributed by atoms with Crippen molar-refractivity contribution in [2.45, 2.75) is 26.2 Å². The summed E-state index contributed by atoms with van der Waals surface area (Å²) in [6.45, 7) is 1.79. The van der Waals surface area contributed by atoms with Crippen molar-refractivity contribution < 1.29 is 14.0 Å². The molecular formula is C23H18Cl3N3O3. The third kappa shape index (κ3) is 4.53. The van der Waals surface area contributed by atoms with Gasteiger partial charge in [-0.25, -0.2) is 5.43 Å². The molecule has 1 heterocycles. The van der Waals surface area contributed by atoms with Crippen LogP contribution in [0.3, 0.4) is 0 Å². The highest BCUT2D eigenvalue weighted by Gasteiger charge is 2.28. The van der Waals surface area contributed by atoms with Gasteiger partial charge in [0.05, 0.1) is 27.0 Å². The number of hydrogen-bond acceptors (Lipinski definition) is 4. The first-order valence-corrected chi connectivity index (χ1v) is 11.0. The van der Waals surface area contributed by atoms with Crippen LogP contribution in [0.5, 0.6) is 0 Å². The predicted octanol–water partition coefficient (Wildman–Crippen LogP) is 6.27. The van der Waals surface area contributed by atoms with E-state index in [1.165, 1.54) is 0 Å². The van der Waals surface area contributed by atoms with Crippen molar-refractivity contribution in [3.63, 3.8) is 0 Å². The van der Waals surface area contributed by atoms with Crippen LogP contribution in [0.4, 0.5) is 5.69 Å². The van der Waals surface area contributed by atoms with E-state index in [0.29, 0.717) is 56.2 Å². The maximum atomic E-state index is 12.9. The number of aryl methyl sites for hydroxylation is 1. The van der Waals surface area contributed by atoms with Crippen molar-refractivity contribution in [2.24, 2.45) is 5.10 Å². The lowest BCUT2D eigenvalue weighted by Gasteiger charge is -2.13. The molecule has 4 rings (SSSR count). The summed E-state index contributed by atoms with van der Waals surface area (Å²) < 4.78 is 5.88. The first-order valence-electron chi connectivity index (χ1n) is 9.85.